The number of methoxy groups -OCH3 is 1. The Morgan fingerprint density at radius 1 is 1.30 bits per heavy atom. The molecule has 20 heavy (non-hydrogen) atoms. The second-order valence-corrected chi connectivity index (χ2v) is 4.30. The molecule has 0 saturated heterocycles. The molecule has 0 aliphatic rings. The van der Waals surface area contributed by atoms with Crippen LogP contribution in [-0.2, 0) is 14.3 Å². The van der Waals surface area contributed by atoms with Gasteiger partial charge in [0.15, 0.2) is 0 Å². The molecule has 0 aliphatic carbocycles. The van der Waals surface area contributed by atoms with Crippen LogP contribution in [0.1, 0.15) is 11.1 Å². The number of hydrogen-bond acceptors (Lipinski definition) is 5. The fourth-order valence-electron chi connectivity index (χ4n) is 1.67. The quantitative estimate of drug-likeness (QED) is 0.468. The van der Waals surface area contributed by atoms with Gasteiger partial charge in [0, 0.05) is 18.7 Å². The molecule has 0 heterocycles. The zero-order valence-electron chi connectivity index (χ0n) is 11.8. The predicted octanol–water partition coefficient (Wildman–Crippen LogP) is 1.81. The van der Waals surface area contributed by atoms with Crippen LogP contribution in [0.5, 0.6) is 0 Å². The summed E-state index contributed by atoms with van der Waals surface area (Å²) < 4.78 is 9.86. The molecule has 0 atom stereocenters. The van der Waals surface area contributed by atoms with E-state index in [0.717, 1.165) is 5.56 Å². The maximum atomic E-state index is 11.6. The summed E-state index contributed by atoms with van der Waals surface area (Å²) in [6.45, 7) is 4.03. The molecule has 0 aliphatic heterocycles. The number of carbonyl (C=O) groups excluding carboxylic acids is 1. The molecule has 1 aromatic carbocycles. The highest BCUT2D eigenvalue weighted by atomic mass is 16.6. The Labute approximate surface area is 117 Å². The Hall–Kier alpha value is -1.99. The minimum absolute atomic E-state index is 0.0220. The monoisotopic (exact) mass is 282 g/mol. The van der Waals surface area contributed by atoms with Crippen LogP contribution in [-0.4, -0.2) is 37.8 Å². The van der Waals surface area contributed by atoms with Gasteiger partial charge >= 0.3 is 0 Å². The van der Waals surface area contributed by atoms with Crippen LogP contribution in [0.15, 0.2) is 12.1 Å². The van der Waals surface area contributed by atoms with Crippen LogP contribution >= 0.6 is 0 Å². The van der Waals surface area contributed by atoms with Gasteiger partial charge in [-0.3, -0.25) is 14.9 Å². The standard InChI is InChI=1S/C13H18N2O5/c1-9-6-10(2)12(15(17)18)7-11(9)14-13(16)8-20-5-4-19-3/h6-7H,4-5,8H2,1-3H3,(H,14,16). The van der Waals surface area contributed by atoms with Gasteiger partial charge in [0.2, 0.25) is 5.91 Å². The fraction of sp³-hybridized carbons (Fsp3) is 0.462. The molecule has 0 saturated carbocycles. The zero-order chi connectivity index (χ0) is 15.1. The smallest absolute Gasteiger partial charge is 0.274 e. The summed E-state index contributed by atoms with van der Waals surface area (Å²) in [4.78, 5) is 22.0. The molecular formula is C13H18N2O5. The average molecular weight is 282 g/mol. The number of ether oxygens (including phenoxy) is 2. The van der Waals surface area contributed by atoms with Gasteiger partial charge in [0.1, 0.15) is 6.61 Å². The minimum Gasteiger partial charge on any atom is -0.382 e. The maximum Gasteiger partial charge on any atom is 0.274 e. The van der Waals surface area contributed by atoms with Crippen LogP contribution in [0.4, 0.5) is 11.4 Å². The Morgan fingerprint density at radius 3 is 2.60 bits per heavy atom. The van der Waals surface area contributed by atoms with E-state index in [4.69, 9.17) is 9.47 Å². The number of nitro benzene ring substituents is 1. The van der Waals surface area contributed by atoms with E-state index in [0.29, 0.717) is 24.5 Å². The van der Waals surface area contributed by atoms with Crippen molar-refractivity contribution in [3.8, 4) is 0 Å². The molecule has 1 aromatic rings. The highest BCUT2D eigenvalue weighted by Gasteiger charge is 2.15. The molecule has 0 radical (unpaired) electrons. The molecule has 1 rings (SSSR count). The first-order chi connectivity index (χ1) is 9.45. The van der Waals surface area contributed by atoms with E-state index in [1.807, 2.05) is 0 Å². The summed E-state index contributed by atoms with van der Waals surface area (Å²) in [7, 11) is 1.54. The van der Waals surface area contributed by atoms with Gasteiger partial charge in [-0.15, -0.1) is 0 Å². The van der Waals surface area contributed by atoms with Gasteiger partial charge in [-0.25, -0.2) is 0 Å². The first-order valence-corrected chi connectivity index (χ1v) is 6.08. The Balaban J connectivity index is 2.69. The maximum absolute atomic E-state index is 11.6. The molecule has 1 N–H and O–H groups in total. The molecule has 0 bridgehead atoms. The number of nitrogens with one attached hydrogen (secondary N) is 1. The summed E-state index contributed by atoms with van der Waals surface area (Å²) in [5.74, 6) is -0.359. The van der Waals surface area contributed by atoms with Crippen LogP contribution in [0.3, 0.4) is 0 Å². The number of benzene rings is 1. The largest absolute Gasteiger partial charge is 0.382 e. The Bertz CT molecular complexity index is 502. The van der Waals surface area contributed by atoms with E-state index in [1.165, 1.54) is 13.2 Å². The molecule has 110 valence electrons. The lowest BCUT2D eigenvalue weighted by atomic mass is 10.1. The molecule has 7 nitrogen and oxygen atoms in total. The van der Waals surface area contributed by atoms with Crippen molar-refractivity contribution < 1.29 is 19.2 Å². The number of hydrogen-bond donors (Lipinski definition) is 1. The number of anilines is 1. The van der Waals surface area contributed by atoms with E-state index in [2.05, 4.69) is 5.32 Å². The van der Waals surface area contributed by atoms with Crippen molar-refractivity contribution in [1.82, 2.24) is 0 Å². The third-order valence-electron chi connectivity index (χ3n) is 2.68. The number of carbonyl (C=O) groups is 1. The lowest BCUT2D eigenvalue weighted by Gasteiger charge is -2.10. The van der Waals surface area contributed by atoms with Crippen LogP contribution in [0.25, 0.3) is 0 Å². The number of amides is 1. The Morgan fingerprint density at radius 2 is 2.00 bits per heavy atom. The van der Waals surface area contributed by atoms with E-state index < -0.39 is 4.92 Å². The molecule has 1 amide bonds. The van der Waals surface area contributed by atoms with Gasteiger partial charge in [0.25, 0.3) is 5.69 Å². The lowest BCUT2D eigenvalue weighted by Crippen LogP contribution is -2.20. The van der Waals surface area contributed by atoms with Gasteiger partial charge in [-0.05, 0) is 25.5 Å². The van der Waals surface area contributed by atoms with E-state index in [1.54, 1.807) is 19.9 Å². The van der Waals surface area contributed by atoms with Crippen molar-refractivity contribution in [2.75, 3.05) is 32.2 Å². The summed E-state index contributed by atoms with van der Waals surface area (Å²) in [6.07, 6.45) is 0. The highest BCUT2D eigenvalue weighted by Crippen LogP contribution is 2.26. The van der Waals surface area contributed by atoms with Crippen molar-refractivity contribution in [3.05, 3.63) is 33.4 Å². The van der Waals surface area contributed by atoms with Crippen molar-refractivity contribution in [3.63, 3.8) is 0 Å². The molecule has 0 spiro atoms. The third kappa shape index (κ3) is 4.60. The first-order valence-electron chi connectivity index (χ1n) is 6.08. The average Bonchev–Trinajstić information content (AvgIpc) is 2.37. The predicted molar refractivity (Wildman–Crippen MR) is 73.9 cm³/mol. The van der Waals surface area contributed by atoms with Crippen molar-refractivity contribution in [2.45, 2.75) is 13.8 Å². The molecular weight excluding hydrogens is 264 g/mol. The first kappa shape index (κ1) is 16.1. The zero-order valence-corrected chi connectivity index (χ0v) is 11.8. The van der Waals surface area contributed by atoms with Gasteiger partial charge < -0.3 is 14.8 Å². The summed E-state index contributed by atoms with van der Waals surface area (Å²) >= 11 is 0. The molecule has 0 aromatic heterocycles. The molecule has 0 unspecified atom stereocenters. The molecule has 7 heteroatoms. The Kier molecular flexibility index (Phi) is 6.08. The van der Waals surface area contributed by atoms with Gasteiger partial charge in [-0.1, -0.05) is 0 Å². The second kappa shape index (κ2) is 7.56. The minimum atomic E-state index is -0.473. The number of nitro groups is 1. The topological polar surface area (TPSA) is 90.7 Å². The number of rotatable bonds is 7. The summed E-state index contributed by atoms with van der Waals surface area (Å²) in [6, 6.07) is 3.03. The number of nitrogens with zero attached hydrogens (tertiary/aromatic N) is 1. The van der Waals surface area contributed by atoms with E-state index in [9.17, 15) is 14.9 Å². The number of aryl methyl sites for hydroxylation is 2. The van der Waals surface area contributed by atoms with Crippen molar-refractivity contribution in [1.29, 1.82) is 0 Å². The highest BCUT2D eigenvalue weighted by molar-refractivity contribution is 5.92. The van der Waals surface area contributed by atoms with Gasteiger partial charge in [0.05, 0.1) is 23.8 Å². The van der Waals surface area contributed by atoms with Crippen molar-refractivity contribution >= 4 is 17.3 Å². The summed E-state index contributed by atoms with van der Waals surface area (Å²) in [5, 5.41) is 13.5. The normalized spacial score (nSPS) is 10.3. The second-order valence-electron chi connectivity index (χ2n) is 4.30. The van der Waals surface area contributed by atoms with E-state index >= 15 is 0 Å². The SMILES string of the molecule is COCCOCC(=O)Nc1cc([N+](=O)[O-])c(C)cc1C. The third-order valence-corrected chi connectivity index (χ3v) is 2.68. The van der Waals surface area contributed by atoms with Crippen LogP contribution < -0.4 is 5.32 Å². The van der Waals surface area contributed by atoms with Crippen LogP contribution in [0.2, 0.25) is 0 Å². The van der Waals surface area contributed by atoms with Crippen LogP contribution in [0, 0.1) is 24.0 Å². The van der Waals surface area contributed by atoms with Crippen molar-refractivity contribution in [2.24, 2.45) is 0 Å². The molecule has 0 fully saturated rings. The summed E-state index contributed by atoms with van der Waals surface area (Å²) in [5.41, 5.74) is 1.72. The fourth-order valence-corrected chi connectivity index (χ4v) is 1.67. The van der Waals surface area contributed by atoms with E-state index in [-0.39, 0.29) is 18.2 Å². The lowest BCUT2D eigenvalue weighted by molar-refractivity contribution is -0.385. The van der Waals surface area contributed by atoms with Gasteiger partial charge in [-0.2, -0.15) is 0 Å².